The van der Waals surface area contributed by atoms with Gasteiger partial charge >= 0.3 is 5.97 Å². The van der Waals surface area contributed by atoms with Crippen LogP contribution in [0.5, 0.6) is 0 Å². The summed E-state index contributed by atoms with van der Waals surface area (Å²) in [5, 5.41) is 26.3. The van der Waals surface area contributed by atoms with Gasteiger partial charge in [-0.1, -0.05) is 12.1 Å². The fraction of sp³-hybridized carbons (Fsp3) is 0.200. The van der Waals surface area contributed by atoms with Crippen LogP contribution < -0.4 is 10.4 Å². The number of nitrogens with one attached hydrogen (secondary N) is 2. The SMILES string of the molecule is CSc1n[nH]c2nc(N(C)C)n(-c3ccccc3C(=O)O)c(=N)c12. The smallest absolute Gasteiger partial charge is 0.337 e. The molecule has 0 aliphatic rings. The van der Waals surface area contributed by atoms with Crippen LogP contribution in [0.4, 0.5) is 5.95 Å². The molecule has 8 nitrogen and oxygen atoms in total. The van der Waals surface area contributed by atoms with E-state index >= 15 is 0 Å². The van der Waals surface area contributed by atoms with Gasteiger partial charge in [-0.2, -0.15) is 10.1 Å². The van der Waals surface area contributed by atoms with E-state index in [-0.39, 0.29) is 11.1 Å². The van der Waals surface area contributed by atoms with E-state index in [9.17, 15) is 9.90 Å². The molecule has 0 amide bonds. The van der Waals surface area contributed by atoms with Crippen LogP contribution in [0.1, 0.15) is 10.4 Å². The van der Waals surface area contributed by atoms with Gasteiger partial charge < -0.3 is 10.0 Å². The monoisotopic (exact) mass is 344 g/mol. The number of carboxylic acid groups (broad SMARTS) is 1. The molecule has 0 aliphatic heterocycles. The number of carbonyl (C=O) groups is 1. The second-order valence-electron chi connectivity index (χ2n) is 5.27. The lowest BCUT2D eigenvalue weighted by atomic mass is 10.1. The third-order valence-corrected chi connectivity index (χ3v) is 4.24. The molecule has 0 unspecified atom stereocenters. The van der Waals surface area contributed by atoms with Crippen LogP contribution in [0.2, 0.25) is 0 Å². The zero-order valence-electron chi connectivity index (χ0n) is 13.4. The molecule has 1 aromatic carbocycles. The van der Waals surface area contributed by atoms with Crippen molar-refractivity contribution in [1.29, 1.82) is 5.41 Å². The number of benzene rings is 1. The molecule has 0 atom stereocenters. The molecule has 0 radical (unpaired) electrons. The molecule has 3 rings (SSSR count). The lowest BCUT2D eigenvalue weighted by molar-refractivity contribution is 0.0697. The van der Waals surface area contributed by atoms with Crippen LogP contribution in [0.3, 0.4) is 0 Å². The highest BCUT2D eigenvalue weighted by molar-refractivity contribution is 7.98. The molecule has 9 heteroatoms. The van der Waals surface area contributed by atoms with Crippen LogP contribution in [-0.4, -0.2) is 51.2 Å². The number of hydrogen-bond acceptors (Lipinski definition) is 6. The normalized spacial score (nSPS) is 11.0. The summed E-state index contributed by atoms with van der Waals surface area (Å²) in [6.45, 7) is 0. The number of fused-ring (bicyclic) bond motifs is 1. The Morgan fingerprint density at radius 2 is 2.08 bits per heavy atom. The minimum absolute atomic E-state index is 0.106. The molecule has 2 aromatic heterocycles. The topological polar surface area (TPSA) is 111 Å². The molecule has 124 valence electrons. The Morgan fingerprint density at radius 1 is 1.38 bits per heavy atom. The van der Waals surface area contributed by atoms with Gasteiger partial charge in [0.25, 0.3) is 0 Å². The molecule has 0 spiro atoms. The van der Waals surface area contributed by atoms with E-state index in [1.807, 2.05) is 6.26 Å². The summed E-state index contributed by atoms with van der Waals surface area (Å²) >= 11 is 1.40. The molecule has 2 heterocycles. The minimum atomic E-state index is -1.06. The number of thioether (sulfide) groups is 1. The largest absolute Gasteiger partial charge is 0.478 e. The van der Waals surface area contributed by atoms with Gasteiger partial charge in [-0.25, -0.2) is 4.79 Å². The summed E-state index contributed by atoms with van der Waals surface area (Å²) in [6.07, 6.45) is 1.87. The number of hydrogen-bond donors (Lipinski definition) is 3. The van der Waals surface area contributed by atoms with E-state index < -0.39 is 5.97 Å². The summed E-state index contributed by atoms with van der Waals surface area (Å²) in [4.78, 5) is 17.9. The zero-order chi connectivity index (χ0) is 17.4. The van der Waals surface area contributed by atoms with Crippen LogP contribution in [0.15, 0.2) is 29.3 Å². The molecule has 0 saturated heterocycles. The molecular formula is C15H16N6O2S. The number of rotatable bonds is 4. The number of aromatic carboxylic acids is 1. The number of H-pyrrole nitrogens is 1. The van der Waals surface area contributed by atoms with E-state index in [1.165, 1.54) is 22.4 Å². The first-order valence-electron chi connectivity index (χ1n) is 7.05. The summed E-state index contributed by atoms with van der Waals surface area (Å²) in [6, 6.07) is 6.58. The van der Waals surface area contributed by atoms with Crippen molar-refractivity contribution in [3.63, 3.8) is 0 Å². The van der Waals surface area contributed by atoms with Crippen LogP contribution in [-0.2, 0) is 0 Å². The van der Waals surface area contributed by atoms with Crippen molar-refractivity contribution in [2.45, 2.75) is 5.03 Å². The van der Waals surface area contributed by atoms with Crippen LogP contribution in [0.25, 0.3) is 16.7 Å². The average molecular weight is 344 g/mol. The fourth-order valence-corrected chi connectivity index (χ4v) is 3.03. The molecule has 0 aliphatic carbocycles. The average Bonchev–Trinajstić information content (AvgIpc) is 2.98. The Morgan fingerprint density at radius 3 is 2.71 bits per heavy atom. The Bertz CT molecular complexity index is 991. The highest BCUT2D eigenvalue weighted by Gasteiger charge is 2.20. The number of aromatic nitrogens is 4. The molecule has 0 saturated carbocycles. The van der Waals surface area contributed by atoms with Crippen molar-refractivity contribution in [3.05, 3.63) is 35.3 Å². The second kappa shape index (κ2) is 6.00. The number of para-hydroxylation sites is 1. The lowest BCUT2D eigenvalue weighted by Crippen LogP contribution is -2.28. The van der Waals surface area contributed by atoms with Gasteiger partial charge in [-0.15, -0.1) is 11.8 Å². The first-order valence-corrected chi connectivity index (χ1v) is 8.28. The molecule has 3 N–H and O–H groups in total. The van der Waals surface area contributed by atoms with Crippen LogP contribution >= 0.6 is 11.8 Å². The van der Waals surface area contributed by atoms with Crippen molar-refractivity contribution in [2.24, 2.45) is 0 Å². The Kier molecular flexibility index (Phi) is 4.02. The number of nitrogens with zero attached hydrogens (tertiary/aromatic N) is 4. The van der Waals surface area contributed by atoms with E-state index in [4.69, 9.17) is 5.41 Å². The highest BCUT2D eigenvalue weighted by Crippen LogP contribution is 2.24. The van der Waals surface area contributed by atoms with Crippen LogP contribution in [0, 0.1) is 5.41 Å². The van der Waals surface area contributed by atoms with Crippen molar-refractivity contribution >= 4 is 34.7 Å². The molecular weight excluding hydrogens is 328 g/mol. The van der Waals surface area contributed by atoms with Gasteiger partial charge in [0.05, 0.1) is 16.6 Å². The van der Waals surface area contributed by atoms with Gasteiger partial charge in [0.1, 0.15) is 10.5 Å². The van der Waals surface area contributed by atoms with Gasteiger partial charge in [0, 0.05) is 14.1 Å². The molecule has 0 fully saturated rings. The predicted octanol–water partition coefficient (Wildman–Crippen LogP) is 1.71. The molecule has 3 aromatic rings. The zero-order valence-corrected chi connectivity index (χ0v) is 14.2. The third kappa shape index (κ3) is 2.42. The van der Waals surface area contributed by atoms with Gasteiger partial charge in [0.15, 0.2) is 5.65 Å². The van der Waals surface area contributed by atoms with Gasteiger partial charge in [0.2, 0.25) is 5.95 Å². The van der Waals surface area contributed by atoms with Gasteiger partial charge in [-0.05, 0) is 18.4 Å². The Labute approximate surface area is 141 Å². The van der Waals surface area contributed by atoms with E-state index in [2.05, 4.69) is 15.2 Å². The quantitative estimate of drug-likeness (QED) is 0.622. The van der Waals surface area contributed by atoms with Crippen molar-refractivity contribution in [2.75, 3.05) is 25.3 Å². The first-order chi connectivity index (χ1) is 11.5. The second-order valence-corrected chi connectivity index (χ2v) is 6.06. The predicted molar refractivity (Wildman–Crippen MR) is 92.1 cm³/mol. The number of carboxylic acids is 1. The standard InChI is InChI=1S/C15H16N6O2S/c1-20(2)15-17-12-10(13(24-3)19-18-12)11(16)21(15)9-7-5-4-6-8(9)14(22)23/h4-7,16H,1-3H3,(H,18,19)(H,22,23). The van der Waals surface area contributed by atoms with Gasteiger partial charge in [-0.3, -0.25) is 15.1 Å². The van der Waals surface area contributed by atoms with Crippen molar-refractivity contribution in [1.82, 2.24) is 19.7 Å². The molecule has 24 heavy (non-hydrogen) atoms. The maximum Gasteiger partial charge on any atom is 0.337 e. The van der Waals surface area contributed by atoms with E-state index in [0.29, 0.717) is 27.7 Å². The maximum absolute atomic E-state index is 11.6. The lowest BCUT2D eigenvalue weighted by Gasteiger charge is -2.20. The Hall–Kier alpha value is -2.81. The summed E-state index contributed by atoms with van der Waals surface area (Å²) in [5.41, 5.74) is 1.13. The summed E-state index contributed by atoms with van der Waals surface area (Å²) in [5.74, 6) is -0.614. The third-order valence-electron chi connectivity index (χ3n) is 3.55. The van der Waals surface area contributed by atoms with Crippen molar-refractivity contribution < 1.29 is 9.90 Å². The van der Waals surface area contributed by atoms with Crippen molar-refractivity contribution in [3.8, 4) is 5.69 Å². The maximum atomic E-state index is 11.6. The minimum Gasteiger partial charge on any atom is -0.478 e. The number of anilines is 1. The Balaban J connectivity index is 2.47. The molecule has 0 bridgehead atoms. The first kappa shape index (κ1) is 16.1. The summed E-state index contributed by atoms with van der Waals surface area (Å²) < 4.78 is 1.53. The van der Waals surface area contributed by atoms with E-state index in [1.54, 1.807) is 37.2 Å². The number of aromatic amines is 1. The summed E-state index contributed by atoms with van der Waals surface area (Å²) in [7, 11) is 3.58. The highest BCUT2D eigenvalue weighted by atomic mass is 32.2. The van der Waals surface area contributed by atoms with E-state index in [0.717, 1.165) is 0 Å². The fourth-order valence-electron chi connectivity index (χ4n) is 2.50.